The Labute approximate surface area is 257 Å². The van der Waals surface area contributed by atoms with Crippen molar-refractivity contribution in [2.24, 2.45) is 4.99 Å². The number of urea groups is 1. The van der Waals surface area contributed by atoms with E-state index in [1.54, 1.807) is 24.0 Å². The van der Waals surface area contributed by atoms with E-state index in [1.165, 1.54) is 46.4 Å². The molecule has 44 heavy (non-hydrogen) atoms. The molecule has 0 bridgehead atoms. The van der Waals surface area contributed by atoms with Gasteiger partial charge >= 0.3 is 12.4 Å². The average molecular weight is 621 g/mol. The van der Waals surface area contributed by atoms with Crippen LogP contribution in [0.2, 0.25) is 0 Å². The molecule has 3 aromatic carbocycles. The van der Waals surface area contributed by atoms with Crippen LogP contribution in [-0.2, 0) is 6.42 Å². The first kappa shape index (κ1) is 30.9. The minimum absolute atomic E-state index is 0.313. The molecular formula is C32H31F3N6O2S. The number of amidine groups is 1. The van der Waals surface area contributed by atoms with Crippen LogP contribution in [0.5, 0.6) is 5.75 Å². The zero-order valence-electron chi connectivity index (χ0n) is 24.2. The van der Waals surface area contributed by atoms with E-state index < -0.39 is 12.4 Å². The SMILES string of the molecule is CCCc1ccc(C)cc1N1CCCSC1=NC(=O)N/C=C/c1ccc(-c2ncn(-c3ccc(OC(F)(F)F)cc3)n2)cc1. The first-order valence-corrected chi connectivity index (χ1v) is 15.1. The molecule has 0 spiro atoms. The number of nitrogens with zero attached hydrogens (tertiary/aromatic N) is 5. The van der Waals surface area contributed by atoms with Crippen molar-refractivity contribution in [1.29, 1.82) is 0 Å². The van der Waals surface area contributed by atoms with Crippen LogP contribution >= 0.6 is 11.8 Å². The number of benzene rings is 3. The van der Waals surface area contributed by atoms with Crippen LogP contribution in [0.15, 0.2) is 84.2 Å². The fourth-order valence-corrected chi connectivity index (χ4v) is 5.62. The van der Waals surface area contributed by atoms with Crippen molar-refractivity contribution in [3.05, 3.63) is 95.9 Å². The molecule has 0 radical (unpaired) electrons. The predicted molar refractivity (Wildman–Crippen MR) is 168 cm³/mol. The Balaban J connectivity index is 1.20. The normalized spacial score (nSPS) is 14.8. The number of carbonyl (C=O) groups is 1. The van der Waals surface area contributed by atoms with Gasteiger partial charge in [0.1, 0.15) is 12.1 Å². The molecular weight excluding hydrogens is 589 g/mol. The van der Waals surface area contributed by atoms with E-state index in [1.807, 2.05) is 24.3 Å². The van der Waals surface area contributed by atoms with E-state index in [9.17, 15) is 18.0 Å². The fourth-order valence-electron chi connectivity index (χ4n) is 4.67. The molecule has 0 unspecified atom stereocenters. The molecule has 0 saturated carbocycles. The smallest absolute Gasteiger partial charge is 0.406 e. The summed E-state index contributed by atoms with van der Waals surface area (Å²) in [6.45, 7) is 5.05. The number of ether oxygens (including phenoxy) is 1. The third-order valence-corrected chi connectivity index (χ3v) is 7.78. The van der Waals surface area contributed by atoms with Crippen LogP contribution < -0.4 is 15.0 Å². The van der Waals surface area contributed by atoms with Gasteiger partial charge < -0.3 is 15.0 Å². The lowest BCUT2D eigenvalue weighted by Gasteiger charge is -2.31. The Hall–Kier alpha value is -4.58. The highest BCUT2D eigenvalue weighted by Gasteiger charge is 2.31. The van der Waals surface area contributed by atoms with Crippen LogP contribution in [0.4, 0.5) is 23.7 Å². The van der Waals surface area contributed by atoms with Crippen LogP contribution in [0.3, 0.4) is 0 Å². The minimum Gasteiger partial charge on any atom is -0.406 e. The monoisotopic (exact) mass is 620 g/mol. The van der Waals surface area contributed by atoms with Gasteiger partial charge in [0.15, 0.2) is 11.0 Å². The summed E-state index contributed by atoms with van der Waals surface area (Å²) in [5, 5.41) is 7.86. The van der Waals surface area contributed by atoms with E-state index in [0.29, 0.717) is 16.7 Å². The van der Waals surface area contributed by atoms with Gasteiger partial charge in [-0.25, -0.2) is 14.5 Å². The molecule has 0 aliphatic carbocycles. The molecule has 1 aliphatic heterocycles. The number of nitrogens with one attached hydrogen (secondary N) is 1. The standard InChI is InChI=1S/C32H31F3N6O2S/c1-3-5-24-9-6-22(2)20-28(24)40-18-4-19-44-31(40)38-30(42)36-17-16-23-7-10-25(11-8-23)29-37-21-41(39-29)26-12-14-27(15-13-26)43-32(33,34)35/h6-17,20-21H,3-5,18-19H2,1-2H3,(H,36,42)/b17-16+,38-31?. The van der Waals surface area contributed by atoms with Gasteiger partial charge in [-0.15, -0.1) is 18.3 Å². The molecule has 1 aromatic heterocycles. The fraction of sp³-hybridized carbons (Fsp3) is 0.250. The van der Waals surface area contributed by atoms with Crippen LogP contribution in [0.25, 0.3) is 23.2 Å². The Kier molecular flexibility index (Phi) is 9.69. The first-order valence-electron chi connectivity index (χ1n) is 14.1. The van der Waals surface area contributed by atoms with E-state index in [-0.39, 0.29) is 5.75 Å². The lowest BCUT2D eigenvalue weighted by molar-refractivity contribution is -0.274. The van der Waals surface area contributed by atoms with Gasteiger partial charge in [0.25, 0.3) is 0 Å². The molecule has 1 N–H and O–H groups in total. The molecule has 8 nitrogen and oxygen atoms in total. The molecule has 2 heterocycles. The van der Waals surface area contributed by atoms with Gasteiger partial charge in [-0.3, -0.25) is 0 Å². The molecule has 0 atom stereocenters. The molecule has 12 heteroatoms. The van der Waals surface area contributed by atoms with Crippen molar-refractivity contribution in [1.82, 2.24) is 20.1 Å². The third-order valence-electron chi connectivity index (χ3n) is 6.71. The maximum Gasteiger partial charge on any atom is 0.573 e. The maximum atomic E-state index is 12.7. The van der Waals surface area contributed by atoms with E-state index >= 15 is 0 Å². The van der Waals surface area contributed by atoms with E-state index in [4.69, 9.17) is 0 Å². The molecule has 2 amide bonds. The second-order valence-electron chi connectivity index (χ2n) is 10.1. The average Bonchev–Trinajstić information content (AvgIpc) is 3.49. The highest BCUT2D eigenvalue weighted by molar-refractivity contribution is 8.14. The number of rotatable bonds is 8. The van der Waals surface area contributed by atoms with Gasteiger partial charge in [-0.2, -0.15) is 4.99 Å². The van der Waals surface area contributed by atoms with Gasteiger partial charge in [0.05, 0.1) is 5.69 Å². The lowest BCUT2D eigenvalue weighted by Crippen LogP contribution is -2.36. The summed E-state index contributed by atoms with van der Waals surface area (Å²) in [7, 11) is 0. The first-order chi connectivity index (χ1) is 21.2. The number of aliphatic imine (C=N–C) groups is 1. The number of amides is 2. The number of aromatic nitrogens is 3. The van der Waals surface area contributed by atoms with Crippen LogP contribution in [-0.4, -0.2) is 44.6 Å². The highest BCUT2D eigenvalue weighted by Crippen LogP contribution is 2.30. The van der Waals surface area contributed by atoms with E-state index in [2.05, 4.69) is 62.1 Å². The number of aryl methyl sites for hydroxylation is 2. The summed E-state index contributed by atoms with van der Waals surface area (Å²) < 4.78 is 42.6. The van der Waals surface area contributed by atoms with Crippen molar-refractivity contribution >= 4 is 34.7 Å². The van der Waals surface area contributed by atoms with E-state index in [0.717, 1.165) is 48.4 Å². The summed E-state index contributed by atoms with van der Waals surface area (Å²) in [5.41, 5.74) is 5.68. The quantitative estimate of drug-likeness (QED) is 0.217. The number of hydrogen-bond acceptors (Lipinski definition) is 5. The maximum absolute atomic E-state index is 12.7. The third kappa shape index (κ3) is 8.07. The molecule has 5 rings (SSSR count). The highest BCUT2D eigenvalue weighted by atomic mass is 32.2. The van der Waals surface area contributed by atoms with Gasteiger partial charge in [-0.05, 0) is 72.9 Å². The van der Waals surface area contributed by atoms with Gasteiger partial charge in [0, 0.05) is 29.7 Å². The van der Waals surface area contributed by atoms with Gasteiger partial charge in [0.2, 0.25) is 0 Å². The number of halogens is 3. The molecule has 1 fully saturated rings. The summed E-state index contributed by atoms with van der Waals surface area (Å²) in [5.74, 6) is 1.05. The number of thioether (sulfide) groups is 1. The Morgan fingerprint density at radius 2 is 1.89 bits per heavy atom. The molecule has 1 aliphatic rings. The summed E-state index contributed by atoms with van der Waals surface area (Å²) in [6.07, 6.45) is 3.09. The number of alkyl halides is 3. The summed E-state index contributed by atoms with van der Waals surface area (Å²) >= 11 is 1.59. The second kappa shape index (κ2) is 13.8. The molecule has 4 aromatic rings. The van der Waals surface area contributed by atoms with Crippen molar-refractivity contribution < 1.29 is 22.7 Å². The Morgan fingerprint density at radius 1 is 1.11 bits per heavy atom. The van der Waals surface area contributed by atoms with Crippen molar-refractivity contribution in [3.8, 4) is 22.8 Å². The summed E-state index contributed by atoms with van der Waals surface area (Å²) in [6, 6.07) is 18.8. The number of carbonyl (C=O) groups excluding carboxylic acids is 1. The molecule has 1 saturated heterocycles. The van der Waals surface area contributed by atoms with Crippen LogP contribution in [0.1, 0.15) is 36.5 Å². The topological polar surface area (TPSA) is 84.6 Å². The Bertz CT molecular complexity index is 1650. The predicted octanol–water partition coefficient (Wildman–Crippen LogP) is 7.77. The molecule has 228 valence electrons. The minimum atomic E-state index is -4.75. The lowest BCUT2D eigenvalue weighted by atomic mass is 10.0. The second-order valence-corrected chi connectivity index (χ2v) is 11.2. The van der Waals surface area contributed by atoms with Gasteiger partial charge in [-0.1, -0.05) is 61.5 Å². The van der Waals surface area contributed by atoms with Crippen LogP contribution in [0, 0.1) is 6.92 Å². The van der Waals surface area contributed by atoms with Crippen molar-refractivity contribution in [2.45, 2.75) is 39.5 Å². The van der Waals surface area contributed by atoms with Crippen molar-refractivity contribution in [3.63, 3.8) is 0 Å². The number of anilines is 1. The van der Waals surface area contributed by atoms with Crippen molar-refractivity contribution in [2.75, 3.05) is 17.2 Å². The zero-order chi connectivity index (χ0) is 31.1. The summed E-state index contributed by atoms with van der Waals surface area (Å²) in [4.78, 5) is 23.6. The Morgan fingerprint density at radius 3 is 2.61 bits per heavy atom. The largest absolute Gasteiger partial charge is 0.573 e. The number of hydrogen-bond donors (Lipinski definition) is 1. The zero-order valence-corrected chi connectivity index (χ0v) is 25.0.